The van der Waals surface area contributed by atoms with Gasteiger partial charge in [-0.3, -0.25) is 9.69 Å². The Bertz CT molecular complexity index is 1460. The number of hydrogen-bond acceptors (Lipinski definition) is 6. The van der Waals surface area contributed by atoms with Crippen LogP contribution >= 0.6 is 39.1 Å². The summed E-state index contributed by atoms with van der Waals surface area (Å²) in [5.41, 5.74) is 1.28. The van der Waals surface area contributed by atoms with Crippen molar-refractivity contribution in [1.29, 1.82) is 0 Å². The number of nitrogens with zero attached hydrogens (tertiary/aromatic N) is 2. The molecule has 4 rings (SSSR count). The molecule has 0 N–H and O–H groups in total. The molecule has 1 atom stereocenters. The molecule has 0 spiro atoms. The monoisotopic (exact) mass is 664 g/mol. The van der Waals surface area contributed by atoms with E-state index in [1.54, 1.807) is 69.1 Å². The average Bonchev–Trinajstić information content (AvgIpc) is 3.25. The van der Waals surface area contributed by atoms with E-state index in [9.17, 15) is 9.59 Å². The molecule has 0 aliphatic carbocycles. The first-order valence-corrected chi connectivity index (χ1v) is 14.3. The van der Waals surface area contributed by atoms with Gasteiger partial charge < -0.3 is 23.8 Å². The number of ether oxygens (including phenoxy) is 4. The Morgan fingerprint density at radius 3 is 2.22 bits per heavy atom. The van der Waals surface area contributed by atoms with E-state index >= 15 is 0 Å². The maximum Gasteiger partial charge on any atom is 0.415 e. The minimum Gasteiger partial charge on any atom is -0.493 e. The highest BCUT2D eigenvalue weighted by atomic mass is 79.9. The van der Waals surface area contributed by atoms with Gasteiger partial charge in [0.05, 0.1) is 19.9 Å². The number of likely N-dealkylation sites (N-methyl/N-ethyl adjacent to an activating group) is 1. The Kier molecular flexibility index (Phi) is 9.31. The van der Waals surface area contributed by atoms with Crippen LogP contribution in [0.3, 0.4) is 0 Å². The quantitative estimate of drug-likeness (QED) is 0.255. The van der Waals surface area contributed by atoms with Crippen molar-refractivity contribution in [2.45, 2.75) is 45.4 Å². The maximum absolute atomic E-state index is 14.0. The summed E-state index contributed by atoms with van der Waals surface area (Å²) < 4.78 is 23.5. The van der Waals surface area contributed by atoms with Crippen molar-refractivity contribution in [2.24, 2.45) is 0 Å². The van der Waals surface area contributed by atoms with Crippen molar-refractivity contribution in [3.8, 4) is 23.0 Å². The Morgan fingerprint density at radius 1 is 0.976 bits per heavy atom. The van der Waals surface area contributed by atoms with E-state index in [-0.39, 0.29) is 18.9 Å². The number of carbonyl (C=O) groups excluding carboxylic acids is 2. The summed E-state index contributed by atoms with van der Waals surface area (Å²) in [4.78, 5) is 30.4. The largest absolute Gasteiger partial charge is 0.493 e. The van der Waals surface area contributed by atoms with Crippen LogP contribution < -0.4 is 19.1 Å². The summed E-state index contributed by atoms with van der Waals surface area (Å²) >= 11 is 15.8. The highest BCUT2D eigenvalue weighted by molar-refractivity contribution is 9.10. The van der Waals surface area contributed by atoms with E-state index < -0.39 is 17.7 Å². The minimum atomic E-state index is -0.840. The second kappa shape index (κ2) is 12.4. The lowest BCUT2D eigenvalue weighted by Crippen LogP contribution is -2.49. The van der Waals surface area contributed by atoms with Gasteiger partial charge in [0.2, 0.25) is 5.91 Å². The Morgan fingerprint density at radius 2 is 1.61 bits per heavy atom. The smallest absolute Gasteiger partial charge is 0.415 e. The molecule has 41 heavy (non-hydrogen) atoms. The number of methoxy groups -OCH3 is 2. The highest BCUT2D eigenvalue weighted by Crippen LogP contribution is 2.42. The molecule has 3 aromatic rings. The molecule has 3 aromatic carbocycles. The Labute approximate surface area is 258 Å². The standard InChI is InChI=1S/C30H31BrCl2N2O6/c1-30(2,3)41-29(37)35-23-15-27(39-6)26(38-5)10-18(23)9-24(35)28(36)34(4)16-17-7-8-19(31)11-25(17)40-22-13-20(32)12-21(33)14-22/h7-8,10-15,24H,9,16H2,1-6H3. The first kappa shape index (κ1) is 30.8. The number of benzene rings is 3. The second-order valence-electron chi connectivity index (χ2n) is 10.6. The molecule has 0 saturated carbocycles. The first-order chi connectivity index (χ1) is 19.3. The number of amides is 2. The van der Waals surface area contributed by atoms with Crippen LogP contribution in [0, 0.1) is 0 Å². The van der Waals surface area contributed by atoms with Gasteiger partial charge in [0.25, 0.3) is 0 Å². The molecule has 0 fully saturated rings. The lowest BCUT2D eigenvalue weighted by molar-refractivity contribution is -0.131. The van der Waals surface area contributed by atoms with Crippen LogP contribution in [0.15, 0.2) is 53.0 Å². The SMILES string of the molecule is COc1cc2c(cc1OC)N(C(=O)OC(C)(C)C)C(C(=O)N(C)Cc1ccc(Br)cc1Oc1cc(Cl)cc(Cl)c1)C2. The van der Waals surface area contributed by atoms with Crippen LogP contribution in [0.1, 0.15) is 31.9 Å². The van der Waals surface area contributed by atoms with E-state index in [1.807, 2.05) is 12.1 Å². The van der Waals surface area contributed by atoms with Crippen molar-refractivity contribution in [3.05, 3.63) is 74.2 Å². The minimum absolute atomic E-state index is 0.206. The van der Waals surface area contributed by atoms with Gasteiger partial charge in [-0.05, 0) is 62.7 Å². The van der Waals surface area contributed by atoms with E-state index in [0.29, 0.717) is 38.7 Å². The number of rotatable bonds is 7. The van der Waals surface area contributed by atoms with Gasteiger partial charge in [-0.2, -0.15) is 0 Å². The summed E-state index contributed by atoms with van der Waals surface area (Å²) in [6.45, 7) is 5.54. The zero-order chi connectivity index (χ0) is 30.1. The molecule has 0 bridgehead atoms. The Hall–Kier alpha value is -3.14. The molecular weight excluding hydrogens is 635 g/mol. The molecule has 8 nitrogen and oxygen atoms in total. The van der Waals surface area contributed by atoms with Crippen LogP contribution in [0.5, 0.6) is 23.0 Å². The number of anilines is 1. The molecule has 1 aliphatic heterocycles. The molecule has 218 valence electrons. The number of hydrogen-bond donors (Lipinski definition) is 0. The first-order valence-electron chi connectivity index (χ1n) is 12.7. The lowest BCUT2D eigenvalue weighted by atomic mass is 10.1. The van der Waals surface area contributed by atoms with Crippen LogP contribution in [-0.2, 0) is 22.5 Å². The van der Waals surface area contributed by atoms with Gasteiger partial charge >= 0.3 is 6.09 Å². The summed E-state index contributed by atoms with van der Waals surface area (Å²) in [6, 6.07) is 13.1. The fourth-order valence-electron chi connectivity index (χ4n) is 4.56. The van der Waals surface area contributed by atoms with Crippen LogP contribution in [0.25, 0.3) is 0 Å². The number of carbonyl (C=O) groups is 2. The summed E-state index contributed by atoms with van der Waals surface area (Å²) in [7, 11) is 4.74. The van der Waals surface area contributed by atoms with E-state index in [4.69, 9.17) is 42.1 Å². The predicted molar refractivity (Wildman–Crippen MR) is 163 cm³/mol. The van der Waals surface area contributed by atoms with Crippen molar-refractivity contribution in [1.82, 2.24) is 4.90 Å². The van der Waals surface area contributed by atoms with Crippen LogP contribution in [0.2, 0.25) is 10.0 Å². The van der Waals surface area contributed by atoms with Crippen molar-refractivity contribution < 1.29 is 28.5 Å². The predicted octanol–water partition coefficient (Wildman–Crippen LogP) is 7.89. The van der Waals surface area contributed by atoms with Gasteiger partial charge in [0.1, 0.15) is 23.1 Å². The van der Waals surface area contributed by atoms with E-state index in [1.165, 1.54) is 19.1 Å². The molecule has 1 unspecified atom stereocenters. The van der Waals surface area contributed by atoms with Gasteiger partial charge in [0, 0.05) is 46.2 Å². The molecular formula is C30H31BrCl2N2O6. The Balaban J connectivity index is 1.64. The number of halogens is 3. The van der Waals surface area contributed by atoms with Crippen molar-refractivity contribution >= 4 is 56.8 Å². The fraction of sp³-hybridized carbons (Fsp3) is 0.333. The van der Waals surface area contributed by atoms with Gasteiger partial charge in [0.15, 0.2) is 11.5 Å². The lowest BCUT2D eigenvalue weighted by Gasteiger charge is -2.31. The zero-order valence-electron chi connectivity index (χ0n) is 23.6. The third-order valence-electron chi connectivity index (χ3n) is 6.32. The molecule has 1 heterocycles. The van der Waals surface area contributed by atoms with Crippen molar-refractivity contribution in [2.75, 3.05) is 26.2 Å². The van der Waals surface area contributed by atoms with Crippen LogP contribution in [-0.4, -0.2) is 49.8 Å². The number of fused-ring (bicyclic) bond motifs is 1. The molecule has 0 saturated heterocycles. The normalized spacial score (nSPS) is 14.4. The van der Waals surface area contributed by atoms with Gasteiger partial charge in [-0.15, -0.1) is 0 Å². The van der Waals surface area contributed by atoms with E-state index in [2.05, 4.69) is 15.9 Å². The topological polar surface area (TPSA) is 77.5 Å². The van der Waals surface area contributed by atoms with Crippen molar-refractivity contribution in [3.63, 3.8) is 0 Å². The van der Waals surface area contributed by atoms with Gasteiger partial charge in [-0.1, -0.05) is 45.2 Å². The summed E-state index contributed by atoms with van der Waals surface area (Å²) in [5.74, 6) is 1.66. The summed E-state index contributed by atoms with van der Waals surface area (Å²) in [6.07, 6.45) is -0.344. The second-order valence-corrected chi connectivity index (χ2v) is 12.3. The van der Waals surface area contributed by atoms with Crippen LogP contribution in [0.4, 0.5) is 10.5 Å². The average molecular weight is 666 g/mol. The molecule has 11 heteroatoms. The molecule has 0 aromatic heterocycles. The molecule has 2 amide bonds. The third-order valence-corrected chi connectivity index (χ3v) is 7.25. The zero-order valence-corrected chi connectivity index (χ0v) is 26.7. The third kappa shape index (κ3) is 7.20. The molecule has 1 aliphatic rings. The highest BCUT2D eigenvalue weighted by Gasteiger charge is 2.42. The van der Waals surface area contributed by atoms with Gasteiger partial charge in [-0.25, -0.2) is 4.79 Å². The summed E-state index contributed by atoms with van der Waals surface area (Å²) in [5, 5.41) is 0.875. The van der Waals surface area contributed by atoms with E-state index in [0.717, 1.165) is 15.6 Å². The fourth-order valence-corrected chi connectivity index (χ4v) is 5.40. The maximum atomic E-state index is 14.0. The molecule has 0 radical (unpaired) electrons.